The highest BCUT2D eigenvalue weighted by atomic mass is 32.1. The summed E-state index contributed by atoms with van der Waals surface area (Å²) in [6.07, 6.45) is 4.71. The van der Waals surface area contributed by atoms with Crippen LogP contribution < -0.4 is 9.47 Å². The predicted octanol–water partition coefficient (Wildman–Crippen LogP) is 4.08. The maximum absolute atomic E-state index is 12.3. The first kappa shape index (κ1) is 21.9. The molecule has 6 nitrogen and oxygen atoms in total. The summed E-state index contributed by atoms with van der Waals surface area (Å²) in [5.41, 5.74) is 1.97. The first-order chi connectivity index (χ1) is 14.6. The minimum Gasteiger partial charge on any atom is -0.490 e. The van der Waals surface area contributed by atoms with Crippen molar-refractivity contribution in [2.75, 3.05) is 26.4 Å². The van der Waals surface area contributed by atoms with Crippen LogP contribution in [0.2, 0.25) is 0 Å². The molecule has 30 heavy (non-hydrogen) atoms. The van der Waals surface area contributed by atoms with E-state index in [0.717, 1.165) is 18.4 Å². The summed E-state index contributed by atoms with van der Waals surface area (Å²) in [5.74, 6) is 0.583. The summed E-state index contributed by atoms with van der Waals surface area (Å²) in [6.45, 7) is 6.06. The van der Waals surface area contributed by atoms with Gasteiger partial charge in [-0.2, -0.15) is 0 Å². The summed E-state index contributed by atoms with van der Waals surface area (Å²) in [5, 5.41) is 2.04. The number of amides is 1. The lowest BCUT2D eigenvalue weighted by molar-refractivity contribution is -0.148. The molecule has 1 aliphatic heterocycles. The molecule has 0 spiro atoms. The van der Waals surface area contributed by atoms with Gasteiger partial charge in [-0.05, 0) is 60.5 Å². The molecule has 0 aliphatic carbocycles. The van der Waals surface area contributed by atoms with Crippen molar-refractivity contribution >= 4 is 29.3 Å². The van der Waals surface area contributed by atoms with Crippen molar-refractivity contribution in [1.82, 2.24) is 4.90 Å². The normalized spacial score (nSPS) is 13.2. The predicted molar refractivity (Wildman–Crippen MR) is 117 cm³/mol. The second-order valence-corrected chi connectivity index (χ2v) is 7.86. The first-order valence-corrected chi connectivity index (χ1v) is 11.1. The van der Waals surface area contributed by atoms with E-state index < -0.39 is 5.97 Å². The number of ether oxygens (including phenoxy) is 3. The molecule has 3 rings (SSSR count). The Morgan fingerprint density at radius 3 is 2.83 bits per heavy atom. The fraction of sp³-hybridized carbons (Fsp3) is 0.391. The van der Waals surface area contributed by atoms with E-state index in [1.54, 1.807) is 22.3 Å². The van der Waals surface area contributed by atoms with Crippen molar-refractivity contribution in [1.29, 1.82) is 0 Å². The number of carbonyl (C=O) groups is 2. The molecule has 0 bridgehead atoms. The highest BCUT2D eigenvalue weighted by Crippen LogP contribution is 2.29. The standard InChI is InChI=1S/C23H27NO5S/c1-3-12-28-19-7-5-17(14-20(19)27-4-2)6-8-23(26)29-16-22(25)24-11-9-21-18(15-24)10-13-30-21/h5-8,10,13-14H,3-4,9,11-12,15-16H2,1-2H3/b8-6+. The Labute approximate surface area is 181 Å². The zero-order chi connectivity index (χ0) is 21.3. The fourth-order valence-electron chi connectivity index (χ4n) is 3.13. The van der Waals surface area contributed by atoms with E-state index in [1.807, 2.05) is 43.5 Å². The Morgan fingerprint density at radius 1 is 1.17 bits per heavy atom. The Bertz CT molecular complexity index is 905. The number of rotatable bonds is 9. The van der Waals surface area contributed by atoms with Gasteiger partial charge in [-0.3, -0.25) is 4.79 Å². The molecule has 1 aliphatic rings. The van der Waals surface area contributed by atoms with E-state index >= 15 is 0 Å². The van der Waals surface area contributed by atoms with Crippen molar-refractivity contribution < 1.29 is 23.8 Å². The summed E-state index contributed by atoms with van der Waals surface area (Å²) < 4.78 is 16.4. The van der Waals surface area contributed by atoms with Gasteiger partial charge in [0.25, 0.3) is 5.91 Å². The minimum atomic E-state index is -0.555. The lowest BCUT2D eigenvalue weighted by Gasteiger charge is -2.26. The van der Waals surface area contributed by atoms with Crippen LogP contribution in [0.1, 0.15) is 36.3 Å². The van der Waals surface area contributed by atoms with Gasteiger partial charge in [-0.25, -0.2) is 4.79 Å². The highest BCUT2D eigenvalue weighted by molar-refractivity contribution is 7.10. The molecular weight excluding hydrogens is 402 g/mol. The number of esters is 1. The van der Waals surface area contributed by atoms with Crippen molar-refractivity contribution in [3.63, 3.8) is 0 Å². The molecule has 0 N–H and O–H groups in total. The molecule has 2 heterocycles. The molecule has 2 aromatic rings. The summed E-state index contributed by atoms with van der Waals surface area (Å²) in [6, 6.07) is 7.53. The van der Waals surface area contributed by atoms with Crippen LogP contribution in [0.4, 0.5) is 0 Å². The Kier molecular flexibility index (Phi) is 7.90. The van der Waals surface area contributed by atoms with Crippen LogP contribution in [-0.2, 0) is 27.3 Å². The monoisotopic (exact) mass is 429 g/mol. The van der Waals surface area contributed by atoms with E-state index in [2.05, 4.69) is 0 Å². The molecule has 1 aromatic heterocycles. The van der Waals surface area contributed by atoms with Crippen LogP contribution in [-0.4, -0.2) is 43.1 Å². The van der Waals surface area contributed by atoms with Crippen molar-refractivity contribution in [3.8, 4) is 11.5 Å². The average Bonchev–Trinajstić information content (AvgIpc) is 3.23. The van der Waals surface area contributed by atoms with Crippen molar-refractivity contribution in [2.24, 2.45) is 0 Å². The quantitative estimate of drug-likeness (QED) is 0.444. The lowest BCUT2D eigenvalue weighted by atomic mass is 10.1. The minimum absolute atomic E-state index is 0.176. The van der Waals surface area contributed by atoms with Crippen LogP contribution in [0.25, 0.3) is 6.08 Å². The molecule has 0 saturated carbocycles. The van der Waals surface area contributed by atoms with Gasteiger partial charge in [0.2, 0.25) is 0 Å². The Hall–Kier alpha value is -2.80. The molecule has 0 unspecified atom stereocenters. The smallest absolute Gasteiger partial charge is 0.331 e. The maximum atomic E-state index is 12.3. The summed E-state index contributed by atoms with van der Waals surface area (Å²) >= 11 is 1.72. The van der Waals surface area contributed by atoms with Gasteiger partial charge < -0.3 is 19.1 Å². The first-order valence-electron chi connectivity index (χ1n) is 10.2. The average molecular weight is 430 g/mol. The van der Waals surface area contributed by atoms with E-state index in [1.165, 1.54) is 16.5 Å². The second-order valence-electron chi connectivity index (χ2n) is 6.86. The fourth-order valence-corrected chi connectivity index (χ4v) is 4.02. The van der Waals surface area contributed by atoms with E-state index in [4.69, 9.17) is 14.2 Å². The lowest BCUT2D eigenvalue weighted by Crippen LogP contribution is -2.38. The third kappa shape index (κ3) is 5.86. The SMILES string of the molecule is CCCOc1ccc(/C=C/C(=O)OCC(=O)N2CCc3sccc3C2)cc1OCC. The molecule has 0 radical (unpaired) electrons. The molecule has 1 aromatic carbocycles. The molecule has 0 atom stereocenters. The van der Waals surface area contributed by atoms with Gasteiger partial charge in [0, 0.05) is 24.0 Å². The van der Waals surface area contributed by atoms with Gasteiger partial charge in [0.1, 0.15) is 0 Å². The molecule has 7 heteroatoms. The van der Waals surface area contributed by atoms with E-state index in [9.17, 15) is 9.59 Å². The zero-order valence-corrected chi connectivity index (χ0v) is 18.2. The summed E-state index contributed by atoms with van der Waals surface area (Å²) in [7, 11) is 0. The Balaban J connectivity index is 1.51. The van der Waals surface area contributed by atoms with Crippen LogP contribution in [0.3, 0.4) is 0 Å². The molecule has 0 saturated heterocycles. The van der Waals surface area contributed by atoms with E-state index in [0.29, 0.717) is 37.8 Å². The largest absolute Gasteiger partial charge is 0.490 e. The van der Waals surface area contributed by atoms with Gasteiger partial charge >= 0.3 is 5.97 Å². The van der Waals surface area contributed by atoms with Crippen LogP contribution in [0.5, 0.6) is 11.5 Å². The molecular formula is C23H27NO5S. The van der Waals surface area contributed by atoms with Gasteiger partial charge in [-0.15, -0.1) is 11.3 Å². The molecule has 0 fully saturated rings. The number of fused-ring (bicyclic) bond motifs is 1. The number of hydrogen-bond donors (Lipinski definition) is 0. The van der Waals surface area contributed by atoms with Gasteiger partial charge in [-0.1, -0.05) is 13.0 Å². The van der Waals surface area contributed by atoms with Crippen molar-refractivity contribution in [2.45, 2.75) is 33.2 Å². The Morgan fingerprint density at radius 2 is 2.03 bits per heavy atom. The van der Waals surface area contributed by atoms with Gasteiger partial charge in [0.15, 0.2) is 18.1 Å². The topological polar surface area (TPSA) is 65.1 Å². The number of carbonyl (C=O) groups excluding carboxylic acids is 2. The highest BCUT2D eigenvalue weighted by Gasteiger charge is 2.22. The molecule has 1 amide bonds. The second kappa shape index (κ2) is 10.8. The zero-order valence-electron chi connectivity index (χ0n) is 17.4. The number of thiophene rings is 1. The van der Waals surface area contributed by atoms with Crippen LogP contribution in [0.15, 0.2) is 35.7 Å². The maximum Gasteiger partial charge on any atom is 0.331 e. The molecule has 160 valence electrons. The number of benzene rings is 1. The van der Waals surface area contributed by atoms with Gasteiger partial charge in [0.05, 0.1) is 13.2 Å². The number of hydrogen-bond acceptors (Lipinski definition) is 6. The third-order valence-electron chi connectivity index (χ3n) is 4.64. The summed E-state index contributed by atoms with van der Waals surface area (Å²) in [4.78, 5) is 27.5. The van der Waals surface area contributed by atoms with Crippen LogP contribution >= 0.6 is 11.3 Å². The third-order valence-corrected chi connectivity index (χ3v) is 5.66. The van der Waals surface area contributed by atoms with E-state index in [-0.39, 0.29) is 12.5 Å². The van der Waals surface area contributed by atoms with Crippen LogP contribution in [0, 0.1) is 0 Å². The number of nitrogens with zero attached hydrogens (tertiary/aromatic N) is 1. The van der Waals surface area contributed by atoms with Crippen molar-refractivity contribution in [3.05, 3.63) is 51.7 Å².